The Morgan fingerprint density at radius 2 is 1.92 bits per heavy atom. The SMILES string of the molecule is Cc1cc(=O)oc2cc(NC(=O)c3sc4ccccc4c3Cl)ccc12. The number of carbonyl (C=O) groups is 1. The molecule has 0 saturated heterocycles. The van der Waals surface area contributed by atoms with Crippen LogP contribution in [0.3, 0.4) is 0 Å². The van der Waals surface area contributed by atoms with E-state index in [4.69, 9.17) is 16.0 Å². The van der Waals surface area contributed by atoms with Crippen LogP contribution in [-0.4, -0.2) is 5.91 Å². The Balaban J connectivity index is 1.71. The van der Waals surface area contributed by atoms with Crippen molar-refractivity contribution in [3.05, 3.63) is 74.4 Å². The maximum absolute atomic E-state index is 12.6. The number of rotatable bonds is 2. The van der Waals surface area contributed by atoms with Crippen molar-refractivity contribution < 1.29 is 9.21 Å². The van der Waals surface area contributed by atoms with Crippen molar-refractivity contribution in [2.75, 3.05) is 5.32 Å². The van der Waals surface area contributed by atoms with Crippen molar-refractivity contribution >= 4 is 55.6 Å². The molecule has 0 bridgehead atoms. The molecular weight excluding hydrogens is 358 g/mol. The smallest absolute Gasteiger partial charge is 0.336 e. The van der Waals surface area contributed by atoms with E-state index >= 15 is 0 Å². The summed E-state index contributed by atoms with van der Waals surface area (Å²) in [5, 5.41) is 4.95. The Labute approximate surface area is 151 Å². The first kappa shape index (κ1) is 15.9. The lowest BCUT2D eigenvalue weighted by Gasteiger charge is -2.06. The summed E-state index contributed by atoms with van der Waals surface area (Å²) in [6.45, 7) is 1.84. The van der Waals surface area contributed by atoms with Crippen molar-refractivity contribution in [2.24, 2.45) is 0 Å². The molecule has 124 valence electrons. The molecule has 4 rings (SSSR count). The minimum Gasteiger partial charge on any atom is -0.423 e. The largest absolute Gasteiger partial charge is 0.423 e. The van der Waals surface area contributed by atoms with E-state index in [2.05, 4.69) is 5.32 Å². The van der Waals surface area contributed by atoms with Gasteiger partial charge in [-0.3, -0.25) is 4.79 Å². The number of hydrogen-bond donors (Lipinski definition) is 1. The lowest BCUT2D eigenvalue weighted by Crippen LogP contribution is -2.10. The first-order valence-corrected chi connectivity index (χ1v) is 8.75. The summed E-state index contributed by atoms with van der Waals surface area (Å²) in [5.41, 5.74) is 1.39. The molecule has 25 heavy (non-hydrogen) atoms. The summed E-state index contributed by atoms with van der Waals surface area (Å²) in [7, 11) is 0. The fraction of sp³-hybridized carbons (Fsp3) is 0.0526. The fourth-order valence-corrected chi connectivity index (χ4v) is 4.16. The van der Waals surface area contributed by atoms with E-state index in [-0.39, 0.29) is 5.91 Å². The minimum atomic E-state index is -0.416. The number of nitrogens with one attached hydrogen (secondary N) is 1. The van der Waals surface area contributed by atoms with Crippen molar-refractivity contribution in [1.29, 1.82) is 0 Å². The molecule has 0 fully saturated rings. The molecule has 2 aromatic carbocycles. The molecule has 0 atom stereocenters. The van der Waals surface area contributed by atoms with E-state index in [9.17, 15) is 9.59 Å². The minimum absolute atomic E-state index is 0.291. The highest BCUT2D eigenvalue weighted by molar-refractivity contribution is 7.21. The topological polar surface area (TPSA) is 59.3 Å². The average molecular weight is 370 g/mol. The van der Waals surface area contributed by atoms with E-state index in [0.717, 1.165) is 21.0 Å². The van der Waals surface area contributed by atoms with Gasteiger partial charge in [-0.25, -0.2) is 4.79 Å². The maximum Gasteiger partial charge on any atom is 0.336 e. The van der Waals surface area contributed by atoms with E-state index in [0.29, 0.717) is 21.2 Å². The highest BCUT2D eigenvalue weighted by Crippen LogP contribution is 2.35. The molecule has 0 unspecified atom stereocenters. The van der Waals surface area contributed by atoms with Crippen LogP contribution in [0.15, 0.2) is 57.7 Å². The van der Waals surface area contributed by atoms with Crippen LogP contribution < -0.4 is 10.9 Å². The molecule has 0 spiro atoms. The van der Waals surface area contributed by atoms with Crippen LogP contribution in [0.5, 0.6) is 0 Å². The number of amides is 1. The van der Waals surface area contributed by atoms with Gasteiger partial charge in [0.2, 0.25) is 0 Å². The zero-order valence-corrected chi connectivity index (χ0v) is 14.7. The van der Waals surface area contributed by atoms with Crippen LogP contribution in [0.25, 0.3) is 21.1 Å². The third-order valence-electron chi connectivity index (χ3n) is 3.95. The zero-order chi connectivity index (χ0) is 17.6. The monoisotopic (exact) mass is 369 g/mol. The van der Waals surface area contributed by atoms with Gasteiger partial charge < -0.3 is 9.73 Å². The second-order valence-electron chi connectivity index (χ2n) is 5.65. The van der Waals surface area contributed by atoms with Gasteiger partial charge >= 0.3 is 5.63 Å². The molecule has 1 amide bonds. The summed E-state index contributed by atoms with van der Waals surface area (Å²) in [6, 6.07) is 14.3. The standard InChI is InChI=1S/C19H12ClNO3S/c1-10-8-16(22)24-14-9-11(6-7-12(10)14)21-19(23)18-17(20)13-4-2-3-5-15(13)25-18/h2-9H,1H3,(H,21,23). The van der Waals surface area contributed by atoms with Gasteiger partial charge in [0.05, 0.1) is 5.02 Å². The quantitative estimate of drug-likeness (QED) is 0.493. The molecule has 0 aliphatic rings. The second kappa shape index (κ2) is 6.02. The number of fused-ring (bicyclic) bond motifs is 2. The molecule has 0 aliphatic carbocycles. The Morgan fingerprint density at radius 1 is 1.12 bits per heavy atom. The van der Waals surface area contributed by atoms with E-state index in [1.54, 1.807) is 12.1 Å². The zero-order valence-electron chi connectivity index (χ0n) is 13.1. The predicted molar refractivity (Wildman–Crippen MR) is 102 cm³/mol. The van der Waals surface area contributed by atoms with Gasteiger partial charge in [0.1, 0.15) is 10.5 Å². The first-order valence-electron chi connectivity index (χ1n) is 7.56. The second-order valence-corrected chi connectivity index (χ2v) is 7.09. The normalized spacial score (nSPS) is 11.1. The highest BCUT2D eigenvalue weighted by atomic mass is 35.5. The molecule has 6 heteroatoms. The van der Waals surface area contributed by atoms with Crippen molar-refractivity contribution in [3.63, 3.8) is 0 Å². The molecule has 2 aromatic heterocycles. The third kappa shape index (κ3) is 2.81. The van der Waals surface area contributed by atoms with Crippen molar-refractivity contribution in [2.45, 2.75) is 6.92 Å². The molecule has 0 aliphatic heterocycles. The third-order valence-corrected chi connectivity index (χ3v) is 5.62. The summed E-state index contributed by atoms with van der Waals surface area (Å²) in [5.74, 6) is -0.291. The Hall–Kier alpha value is -2.63. The van der Waals surface area contributed by atoms with Gasteiger partial charge in [-0.15, -0.1) is 11.3 Å². The molecule has 1 N–H and O–H groups in total. The summed E-state index contributed by atoms with van der Waals surface area (Å²) in [4.78, 5) is 24.6. The van der Waals surface area contributed by atoms with Gasteiger partial charge in [0, 0.05) is 33.3 Å². The summed E-state index contributed by atoms with van der Waals surface area (Å²) >= 11 is 7.69. The number of hydrogen-bond acceptors (Lipinski definition) is 4. The van der Waals surface area contributed by atoms with Crippen LogP contribution in [0, 0.1) is 6.92 Å². The first-order chi connectivity index (χ1) is 12.0. The molecule has 4 nitrogen and oxygen atoms in total. The van der Waals surface area contributed by atoms with E-state index < -0.39 is 5.63 Å². The van der Waals surface area contributed by atoms with E-state index in [1.807, 2.05) is 37.3 Å². The number of carbonyl (C=O) groups excluding carboxylic acids is 1. The Bertz CT molecular complexity index is 1190. The Kier molecular flexibility index (Phi) is 3.82. The van der Waals surface area contributed by atoms with Gasteiger partial charge in [-0.05, 0) is 30.7 Å². The van der Waals surface area contributed by atoms with Gasteiger partial charge in [0.15, 0.2) is 0 Å². The number of aryl methyl sites for hydroxylation is 1. The fourth-order valence-electron chi connectivity index (χ4n) is 2.75. The van der Waals surface area contributed by atoms with Gasteiger partial charge in [-0.2, -0.15) is 0 Å². The van der Waals surface area contributed by atoms with Crippen LogP contribution in [0.4, 0.5) is 5.69 Å². The lowest BCUT2D eigenvalue weighted by atomic mass is 10.1. The average Bonchev–Trinajstić information content (AvgIpc) is 2.92. The van der Waals surface area contributed by atoms with Crippen LogP contribution in [0.2, 0.25) is 5.02 Å². The van der Waals surface area contributed by atoms with Gasteiger partial charge in [0.25, 0.3) is 5.91 Å². The highest BCUT2D eigenvalue weighted by Gasteiger charge is 2.17. The molecule has 2 heterocycles. The summed E-state index contributed by atoms with van der Waals surface area (Å²) < 4.78 is 6.17. The molecule has 0 saturated carbocycles. The van der Waals surface area contributed by atoms with Gasteiger partial charge in [-0.1, -0.05) is 29.8 Å². The number of benzene rings is 2. The molecule has 4 aromatic rings. The van der Waals surface area contributed by atoms with Crippen LogP contribution in [0.1, 0.15) is 15.2 Å². The maximum atomic E-state index is 12.6. The number of thiophene rings is 1. The number of halogens is 1. The van der Waals surface area contributed by atoms with Crippen molar-refractivity contribution in [1.82, 2.24) is 0 Å². The Morgan fingerprint density at radius 3 is 2.72 bits per heavy atom. The predicted octanol–water partition coefficient (Wildman–Crippen LogP) is 5.22. The summed E-state index contributed by atoms with van der Waals surface area (Å²) in [6.07, 6.45) is 0. The van der Waals surface area contributed by atoms with Crippen molar-refractivity contribution in [3.8, 4) is 0 Å². The molecular formula is C19H12ClNO3S. The number of anilines is 1. The lowest BCUT2D eigenvalue weighted by molar-refractivity contribution is 0.103. The van der Waals surface area contributed by atoms with E-state index in [1.165, 1.54) is 17.4 Å². The molecule has 0 radical (unpaired) electrons. The van der Waals surface area contributed by atoms with Crippen LogP contribution in [-0.2, 0) is 0 Å². The van der Waals surface area contributed by atoms with Crippen LogP contribution >= 0.6 is 22.9 Å².